The van der Waals surface area contributed by atoms with E-state index in [1.54, 1.807) is 17.1 Å². The summed E-state index contributed by atoms with van der Waals surface area (Å²) in [5.74, 6) is 1.35. The average molecular weight is 391 g/mol. The Hall–Kier alpha value is -1.30. The van der Waals surface area contributed by atoms with E-state index in [0.29, 0.717) is 11.4 Å². The number of thioether (sulfide) groups is 1. The number of rotatable bonds is 3. The summed E-state index contributed by atoms with van der Waals surface area (Å²) < 4.78 is 1.36. The first-order valence-electron chi connectivity index (χ1n) is 8.58. The number of carbonyl (C=O) groups is 1. The topological polar surface area (TPSA) is 32.7 Å². The van der Waals surface area contributed by atoms with Gasteiger partial charge in [0.2, 0.25) is 5.91 Å². The lowest BCUT2D eigenvalue weighted by atomic mass is 9.91. The highest BCUT2D eigenvalue weighted by Gasteiger charge is 2.34. The van der Waals surface area contributed by atoms with E-state index in [-0.39, 0.29) is 11.8 Å². The predicted molar refractivity (Wildman–Crippen MR) is 107 cm³/mol. The van der Waals surface area contributed by atoms with E-state index < -0.39 is 0 Å². The largest absolute Gasteiger partial charge is 0.273 e. The number of nitrogens with zero attached hydrogens (tertiary/aromatic N) is 2. The van der Waals surface area contributed by atoms with Crippen molar-refractivity contribution >= 4 is 52.0 Å². The SMILES string of the molecule is CCCc1cc2c(s1)SCCC1CC(=O)N(c3ccc(Cl)cc3)N=C21. The molecule has 4 rings (SSSR count). The van der Waals surface area contributed by atoms with Crippen LogP contribution in [0.4, 0.5) is 5.69 Å². The van der Waals surface area contributed by atoms with Gasteiger partial charge in [0.05, 0.1) is 15.6 Å². The molecule has 2 aliphatic rings. The van der Waals surface area contributed by atoms with Crippen LogP contribution in [0.5, 0.6) is 0 Å². The molecule has 1 aromatic carbocycles. The molecule has 0 spiro atoms. The zero-order valence-electron chi connectivity index (χ0n) is 14.0. The van der Waals surface area contributed by atoms with Crippen molar-refractivity contribution in [3.63, 3.8) is 0 Å². The summed E-state index contributed by atoms with van der Waals surface area (Å²) in [5, 5.41) is 7.03. The predicted octanol–water partition coefficient (Wildman–Crippen LogP) is 5.61. The quantitative estimate of drug-likeness (QED) is 0.682. The minimum atomic E-state index is 0.0635. The molecule has 0 radical (unpaired) electrons. The Bertz CT molecular complexity index is 828. The van der Waals surface area contributed by atoms with Gasteiger partial charge in [-0.15, -0.1) is 23.1 Å². The van der Waals surface area contributed by atoms with E-state index in [1.807, 2.05) is 35.2 Å². The molecule has 3 nitrogen and oxygen atoms in total. The standard InChI is InChI=1S/C19H19ClN2OS2/c1-2-3-15-11-16-18-12(8-9-24-19(16)25-15)10-17(23)22(21-18)14-6-4-13(20)5-7-14/h4-7,11-12H,2-3,8-10H2,1H3. The molecule has 130 valence electrons. The van der Waals surface area contributed by atoms with E-state index in [9.17, 15) is 4.79 Å². The fourth-order valence-corrected chi connectivity index (χ4v) is 6.14. The molecule has 6 heteroatoms. The lowest BCUT2D eigenvalue weighted by Gasteiger charge is -2.28. The molecule has 1 atom stereocenters. The Balaban J connectivity index is 1.76. The summed E-state index contributed by atoms with van der Waals surface area (Å²) in [6, 6.07) is 9.60. The molecule has 3 heterocycles. The molecular formula is C19H19ClN2OS2. The molecule has 0 fully saturated rings. The zero-order valence-corrected chi connectivity index (χ0v) is 16.4. The molecule has 0 N–H and O–H groups in total. The molecule has 2 aromatic rings. The number of anilines is 1. The van der Waals surface area contributed by atoms with E-state index in [2.05, 4.69) is 13.0 Å². The highest BCUT2D eigenvalue weighted by Crippen LogP contribution is 2.41. The molecule has 25 heavy (non-hydrogen) atoms. The maximum Gasteiger partial charge on any atom is 0.248 e. The maximum atomic E-state index is 12.6. The third kappa shape index (κ3) is 3.37. The van der Waals surface area contributed by atoms with Gasteiger partial charge in [-0.1, -0.05) is 24.9 Å². The highest BCUT2D eigenvalue weighted by molar-refractivity contribution is 8.01. The van der Waals surface area contributed by atoms with Crippen LogP contribution in [0.1, 0.15) is 36.6 Å². The number of carbonyl (C=O) groups excluding carboxylic acids is 1. The number of halogens is 1. The molecule has 1 aromatic heterocycles. The number of thiophene rings is 1. The summed E-state index contributed by atoms with van der Waals surface area (Å²) in [6.07, 6.45) is 3.79. The van der Waals surface area contributed by atoms with Gasteiger partial charge in [0.1, 0.15) is 0 Å². The first-order valence-corrected chi connectivity index (χ1v) is 10.8. The third-order valence-electron chi connectivity index (χ3n) is 4.54. The fourth-order valence-electron chi connectivity index (χ4n) is 3.31. The van der Waals surface area contributed by atoms with Gasteiger partial charge >= 0.3 is 0 Å². The number of benzene rings is 1. The fraction of sp³-hybridized carbons (Fsp3) is 0.368. The summed E-state index contributed by atoms with van der Waals surface area (Å²) >= 11 is 9.78. The van der Waals surface area contributed by atoms with Crippen LogP contribution in [0.25, 0.3) is 0 Å². The van der Waals surface area contributed by atoms with E-state index in [1.165, 1.54) is 14.6 Å². The molecule has 0 saturated carbocycles. The number of hydrogen-bond acceptors (Lipinski definition) is 4. The van der Waals surface area contributed by atoms with Crippen molar-refractivity contribution < 1.29 is 4.79 Å². The van der Waals surface area contributed by atoms with Crippen molar-refractivity contribution in [1.82, 2.24) is 0 Å². The van der Waals surface area contributed by atoms with Crippen molar-refractivity contribution in [3.05, 3.63) is 45.8 Å². The van der Waals surface area contributed by atoms with Gasteiger partial charge in [-0.05, 0) is 48.9 Å². The minimum Gasteiger partial charge on any atom is -0.273 e. The number of amides is 1. The normalized spacial score (nSPS) is 19.9. The molecular weight excluding hydrogens is 372 g/mol. The Morgan fingerprint density at radius 1 is 1.32 bits per heavy atom. The summed E-state index contributed by atoms with van der Waals surface area (Å²) in [6.45, 7) is 2.21. The second kappa shape index (κ2) is 7.14. The van der Waals surface area contributed by atoms with Crippen LogP contribution in [0.2, 0.25) is 5.02 Å². The van der Waals surface area contributed by atoms with Crippen LogP contribution in [-0.4, -0.2) is 17.4 Å². The first kappa shape index (κ1) is 17.1. The Kier molecular flexibility index (Phi) is 4.89. The van der Waals surface area contributed by atoms with Gasteiger partial charge in [0.25, 0.3) is 0 Å². The Labute approximate surface area is 161 Å². The van der Waals surface area contributed by atoms with Crippen LogP contribution in [-0.2, 0) is 11.2 Å². The van der Waals surface area contributed by atoms with Crippen molar-refractivity contribution in [2.24, 2.45) is 11.0 Å². The number of hydrogen-bond donors (Lipinski definition) is 0. The molecule has 0 saturated heterocycles. The van der Waals surface area contributed by atoms with E-state index in [0.717, 1.165) is 36.4 Å². The van der Waals surface area contributed by atoms with Gasteiger partial charge in [-0.25, -0.2) is 5.01 Å². The smallest absolute Gasteiger partial charge is 0.248 e. The Morgan fingerprint density at radius 2 is 2.12 bits per heavy atom. The van der Waals surface area contributed by atoms with Crippen molar-refractivity contribution in [2.75, 3.05) is 10.8 Å². The number of aryl methyl sites for hydroxylation is 1. The Morgan fingerprint density at radius 3 is 2.88 bits per heavy atom. The van der Waals surface area contributed by atoms with Crippen LogP contribution in [0.15, 0.2) is 39.6 Å². The minimum absolute atomic E-state index is 0.0635. The van der Waals surface area contributed by atoms with Crippen LogP contribution >= 0.6 is 34.7 Å². The maximum absolute atomic E-state index is 12.6. The monoisotopic (exact) mass is 390 g/mol. The lowest BCUT2D eigenvalue weighted by molar-refractivity contribution is -0.119. The summed E-state index contributed by atoms with van der Waals surface area (Å²) in [5.41, 5.74) is 3.10. The van der Waals surface area contributed by atoms with Crippen LogP contribution in [0.3, 0.4) is 0 Å². The summed E-state index contributed by atoms with van der Waals surface area (Å²) in [4.78, 5) is 14.1. The average Bonchev–Trinajstić information content (AvgIpc) is 2.92. The number of hydrazone groups is 1. The first-order chi connectivity index (χ1) is 12.2. The van der Waals surface area contributed by atoms with Crippen LogP contribution in [0, 0.1) is 5.92 Å². The summed E-state index contributed by atoms with van der Waals surface area (Å²) in [7, 11) is 0. The lowest BCUT2D eigenvalue weighted by Crippen LogP contribution is -2.37. The second-order valence-electron chi connectivity index (χ2n) is 6.37. The number of fused-ring (bicyclic) bond motifs is 3. The molecule has 0 aliphatic carbocycles. The molecule has 1 unspecified atom stereocenters. The van der Waals surface area contributed by atoms with Crippen molar-refractivity contribution in [2.45, 2.75) is 36.8 Å². The van der Waals surface area contributed by atoms with Crippen molar-refractivity contribution in [1.29, 1.82) is 0 Å². The third-order valence-corrected chi connectivity index (χ3v) is 7.31. The van der Waals surface area contributed by atoms with Gasteiger partial charge in [-0.2, -0.15) is 5.10 Å². The second-order valence-corrected chi connectivity index (χ2v) is 9.31. The van der Waals surface area contributed by atoms with Gasteiger partial charge in [0, 0.05) is 27.8 Å². The zero-order chi connectivity index (χ0) is 17.4. The van der Waals surface area contributed by atoms with Gasteiger partial charge in [-0.3, -0.25) is 4.79 Å². The van der Waals surface area contributed by atoms with E-state index in [4.69, 9.17) is 16.7 Å². The molecule has 0 bridgehead atoms. The van der Waals surface area contributed by atoms with Gasteiger partial charge < -0.3 is 0 Å². The highest BCUT2D eigenvalue weighted by atomic mass is 35.5. The van der Waals surface area contributed by atoms with Crippen LogP contribution < -0.4 is 5.01 Å². The van der Waals surface area contributed by atoms with E-state index >= 15 is 0 Å². The van der Waals surface area contributed by atoms with Crippen molar-refractivity contribution in [3.8, 4) is 0 Å². The van der Waals surface area contributed by atoms with Gasteiger partial charge in [0.15, 0.2) is 0 Å². The molecule has 1 amide bonds. The molecule has 2 aliphatic heterocycles.